The van der Waals surface area contributed by atoms with Crippen molar-refractivity contribution in [2.45, 2.75) is 104 Å². The van der Waals surface area contributed by atoms with Crippen LogP contribution in [0.4, 0.5) is 0 Å². The van der Waals surface area contributed by atoms with Crippen LogP contribution in [0, 0.1) is 30.6 Å². The molecule has 1 aliphatic rings. The SMILES string of the molecule is COCO[C@@H](Cc1c(OC)c(C)c(OC)c(OC)c1[C@@H]1O[C@H](CI)[C@H](C)[C@H](OCOCC[Si](C)(C)C)[C@H]1C)[C@@H](C)C[C@H](C)COCc1ccccc1. The average molecular weight is 859 g/mol. The Bertz CT molecular complexity index is 1320. The summed E-state index contributed by atoms with van der Waals surface area (Å²) in [4.78, 5) is 0. The summed E-state index contributed by atoms with van der Waals surface area (Å²) in [6.45, 7) is 20.4. The quantitative estimate of drug-likeness (QED) is 0.0357. The molecule has 3 rings (SSSR count). The number of methoxy groups -OCH3 is 4. The van der Waals surface area contributed by atoms with Crippen LogP contribution in [0.1, 0.15) is 62.5 Å². The highest BCUT2D eigenvalue weighted by atomic mass is 127. The van der Waals surface area contributed by atoms with Crippen molar-refractivity contribution in [3.8, 4) is 17.2 Å². The van der Waals surface area contributed by atoms with Crippen LogP contribution >= 0.6 is 22.6 Å². The lowest BCUT2D eigenvalue weighted by Crippen LogP contribution is -2.48. The van der Waals surface area contributed by atoms with Crippen LogP contribution in [0.3, 0.4) is 0 Å². The normalized spacial score (nSPS) is 22.5. The molecule has 2 aromatic carbocycles. The molecule has 0 radical (unpaired) electrons. The summed E-state index contributed by atoms with van der Waals surface area (Å²) in [6.07, 6.45) is 0.778. The molecule has 0 aliphatic carbocycles. The van der Waals surface area contributed by atoms with Gasteiger partial charge in [-0.3, -0.25) is 0 Å². The fourth-order valence-electron chi connectivity index (χ4n) is 7.37. The highest BCUT2D eigenvalue weighted by Gasteiger charge is 2.46. The lowest BCUT2D eigenvalue weighted by Gasteiger charge is -2.45. The number of hydrogen-bond donors (Lipinski definition) is 0. The molecular formula is C41H67IO9Si. The van der Waals surface area contributed by atoms with Gasteiger partial charge >= 0.3 is 0 Å². The third-order valence-corrected chi connectivity index (χ3v) is 12.8. The zero-order chi connectivity index (χ0) is 38.4. The molecule has 0 spiro atoms. The Labute approximate surface area is 329 Å². The van der Waals surface area contributed by atoms with Crippen molar-refractivity contribution in [2.24, 2.45) is 23.7 Å². The largest absolute Gasteiger partial charge is 0.496 e. The number of alkyl halides is 1. The zero-order valence-electron chi connectivity index (χ0n) is 33.9. The van der Waals surface area contributed by atoms with E-state index in [2.05, 4.69) is 82.1 Å². The van der Waals surface area contributed by atoms with Gasteiger partial charge in [0.25, 0.3) is 0 Å². The van der Waals surface area contributed by atoms with E-state index in [1.165, 1.54) is 5.56 Å². The lowest BCUT2D eigenvalue weighted by molar-refractivity contribution is -0.203. The molecule has 1 fully saturated rings. The van der Waals surface area contributed by atoms with Crippen LogP contribution < -0.4 is 14.2 Å². The first-order valence-corrected chi connectivity index (χ1v) is 24.0. The molecule has 1 heterocycles. The lowest BCUT2D eigenvalue weighted by atomic mass is 9.77. The highest BCUT2D eigenvalue weighted by Crippen LogP contribution is 2.52. The van der Waals surface area contributed by atoms with Crippen LogP contribution in [0.15, 0.2) is 30.3 Å². The van der Waals surface area contributed by atoms with Crippen molar-refractivity contribution >= 4 is 30.7 Å². The van der Waals surface area contributed by atoms with Gasteiger partial charge in [-0.1, -0.05) is 100 Å². The van der Waals surface area contributed by atoms with Crippen molar-refractivity contribution in [3.05, 3.63) is 52.6 Å². The molecule has 9 nitrogen and oxygen atoms in total. The minimum atomic E-state index is -1.21. The number of hydrogen-bond acceptors (Lipinski definition) is 9. The summed E-state index contributed by atoms with van der Waals surface area (Å²) >= 11 is 2.42. The standard InChI is InChI=1S/C41H67IO9Si/c1-27(23-48-24-32-16-14-13-15-17-32)20-28(2)34(49-25-43-6)21-33-36(41(46-9)40(45-8)31(5)38(33)44-7)39-30(4)37(29(3)35(22-42)51-39)50-26-47-18-19-52(10,11)12/h13-17,27-30,34-35,37,39H,18-26H2,1-12H3/t27-,28-,29-,30+,34-,35+,37-,39+/m0/s1. The van der Waals surface area contributed by atoms with Gasteiger partial charge in [0.05, 0.1) is 52.4 Å². The zero-order valence-corrected chi connectivity index (χ0v) is 37.1. The van der Waals surface area contributed by atoms with Gasteiger partial charge in [0, 0.05) is 67.8 Å². The Kier molecular flexibility index (Phi) is 19.2. The van der Waals surface area contributed by atoms with Gasteiger partial charge in [-0.05, 0) is 36.8 Å². The second kappa shape index (κ2) is 22.2. The summed E-state index contributed by atoms with van der Waals surface area (Å²) in [5.41, 5.74) is 3.95. The molecule has 8 atom stereocenters. The minimum Gasteiger partial charge on any atom is -0.496 e. The molecule has 2 aromatic rings. The van der Waals surface area contributed by atoms with Crippen molar-refractivity contribution in [1.29, 1.82) is 0 Å². The van der Waals surface area contributed by atoms with Crippen molar-refractivity contribution < 1.29 is 42.6 Å². The van der Waals surface area contributed by atoms with Gasteiger partial charge in [0.15, 0.2) is 11.5 Å². The van der Waals surface area contributed by atoms with Crippen LogP contribution in [0.5, 0.6) is 17.2 Å². The van der Waals surface area contributed by atoms with Crippen LogP contribution in [-0.2, 0) is 41.4 Å². The molecule has 1 aliphatic heterocycles. The van der Waals surface area contributed by atoms with E-state index in [-0.39, 0.29) is 55.8 Å². The minimum absolute atomic E-state index is 0.0305. The Hall–Kier alpha value is -1.45. The number of halogens is 1. The summed E-state index contributed by atoms with van der Waals surface area (Å²) in [5, 5.41) is 0. The molecule has 11 heteroatoms. The van der Waals surface area contributed by atoms with E-state index in [1.54, 1.807) is 28.4 Å². The maximum Gasteiger partial charge on any atom is 0.167 e. The predicted molar refractivity (Wildman–Crippen MR) is 219 cm³/mol. The second-order valence-corrected chi connectivity index (χ2v) is 22.2. The van der Waals surface area contributed by atoms with Gasteiger partial charge in [-0.15, -0.1) is 0 Å². The third-order valence-electron chi connectivity index (χ3n) is 10.3. The number of ether oxygens (including phenoxy) is 9. The predicted octanol–water partition coefficient (Wildman–Crippen LogP) is 9.28. The summed E-state index contributed by atoms with van der Waals surface area (Å²) in [5.74, 6) is 2.66. The third kappa shape index (κ3) is 12.5. The van der Waals surface area contributed by atoms with Gasteiger partial charge in [0.2, 0.25) is 0 Å². The summed E-state index contributed by atoms with van der Waals surface area (Å²) < 4.78 is 57.0. The van der Waals surface area contributed by atoms with Crippen molar-refractivity contribution in [3.63, 3.8) is 0 Å². The van der Waals surface area contributed by atoms with E-state index in [0.29, 0.717) is 43.7 Å². The topological polar surface area (TPSA) is 83.1 Å². The molecule has 0 saturated carbocycles. The highest BCUT2D eigenvalue weighted by molar-refractivity contribution is 14.1. The first kappa shape index (κ1) is 44.9. The van der Waals surface area contributed by atoms with Gasteiger partial charge in [-0.2, -0.15) is 0 Å². The van der Waals surface area contributed by atoms with E-state index >= 15 is 0 Å². The fourth-order valence-corrected chi connectivity index (χ4v) is 9.14. The van der Waals surface area contributed by atoms with E-state index in [1.807, 2.05) is 25.1 Å². The Morgan fingerprint density at radius 3 is 2.13 bits per heavy atom. The molecule has 0 bridgehead atoms. The fraction of sp³-hybridized carbons (Fsp3) is 0.707. The maximum atomic E-state index is 7.04. The molecule has 0 amide bonds. The average Bonchev–Trinajstić information content (AvgIpc) is 3.11. The second-order valence-electron chi connectivity index (χ2n) is 15.7. The van der Waals surface area contributed by atoms with E-state index in [9.17, 15) is 0 Å². The molecular weight excluding hydrogens is 791 g/mol. The first-order chi connectivity index (χ1) is 24.8. The van der Waals surface area contributed by atoms with Crippen LogP contribution in [0.2, 0.25) is 25.7 Å². The molecule has 1 saturated heterocycles. The van der Waals surface area contributed by atoms with Gasteiger partial charge in [-0.25, -0.2) is 0 Å². The van der Waals surface area contributed by atoms with Crippen LogP contribution in [0.25, 0.3) is 0 Å². The van der Waals surface area contributed by atoms with E-state index in [4.69, 9.17) is 42.6 Å². The van der Waals surface area contributed by atoms with Crippen molar-refractivity contribution in [2.75, 3.05) is 59.7 Å². The number of benzene rings is 2. The molecule has 0 N–H and O–H groups in total. The molecule has 0 unspecified atom stereocenters. The van der Waals surface area contributed by atoms with Gasteiger partial charge in [0.1, 0.15) is 19.3 Å². The van der Waals surface area contributed by atoms with Crippen LogP contribution in [-0.4, -0.2) is 86.1 Å². The smallest absolute Gasteiger partial charge is 0.167 e. The first-order valence-electron chi connectivity index (χ1n) is 18.8. The molecule has 0 aromatic heterocycles. The number of rotatable bonds is 23. The Morgan fingerprint density at radius 2 is 1.54 bits per heavy atom. The summed E-state index contributed by atoms with van der Waals surface area (Å²) in [7, 11) is 5.54. The van der Waals surface area contributed by atoms with E-state index in [0.717, 1.165) is 39.3 Å². The maximum absolute atomic E-state index is 7.04. The van der Waals surface area contributed by atoms with Crippen molar-refractivity contribution in [1.82, 2.24) is 0 Å². The molecule has 52 heavy (non-hydrogen) atoms. The Morgan fingerprint density at radius 1 is 0.865 bits per heavy atom. The Balaban J connectivity index is 1.98. The van der Waals surface area contributed by atoms with E-state index < -0.39 is 8.07 Å². The summed E-state index contributed by atoms with van der Waals surface area (Å²) in [6, 6.07) is 11.4. The molecule has 296 valence electrons. The monoisotopic (exact) mass is 858 g/mol. The van der Waals surface area contributed by atoms with Gasteiger partial charge < -0.3 is 42.6 Å².